The van der Waals surface area contributed by atoms with Gasteiger partial charge in [-0.3, -0.25) is 18.4 Å². The van der Waals surface area contributed by atoms with Gasteiger partial charge in [0.05, 0.1) is 31.3 Å². The van der Waals surface area contributed by atoms with E-state index in [1.807, 2.05) is 0 Å². The smallest absolute Gasteiger partial charge is 0.394 e. The Balaban J connectivity index is 2.02. The quantitative estimate of drug-likeness (QED) is 0.239. The normalized spacial score (nSPS) is 25.9. The number of anilines is 1. The van der Waals surface area contributed by atoms with E-state index in [9.17, 15) is 24.3 Å². The van der Waals surface area contributed by atoms with Crippen molar-refractivity contribution in [1.29, 1.82) is 5.26 Å². The summed E-state index contributed by atoms with van der Waals surface area (Å²) in [6.45, 7) is 4.65. The fourth-order valence-corrected chi connectivity index (χ4v) is 4.16. The highest BCUT2D eigenvalue weighted by Gasteiger charge is 2.45. The highest BCUT2D eigenvalue weighted by molar-refractivity contribution is 14.1. The van der Waals surface area contributed by atoms with Gasteiger partial charge in [0.2, 0.25) is 0 Å². The number of nitrogens with two attached hydrogens (primary N) is 1. The van der Waals surface area contributed by atoms with E-state index < -0.39 is 56.2 Å². The Morgan fingerprint density at radius 3 is 2.90 bits per heavy atom. The Morgan fingerprint density at radius 1 is 1.61 bits per heavy atom. The number of carbonyl (C=O) groups is 1. The lowest BCUT2D eigenvalue weighted by Gasteiger charge is -2.19. The molecule has 0 amide bonds. The molecule has 1 fully saturated rings. The third kappa shape index (κ3) is 6.58. The molecule has 1 aromatic heterocycles. The average Bonchev–Trinajstić information content (AvgIpc) is 3.08. The van der Waals surface area contributed by atoms with Crippen LogP contribution in [-0.2, 0) is 26.2 Å². The van der Waals surface area contributed by atoms with Gasteiger partial charge in [-0.2, -0.15) is 10.2 Å². The van der Waals surface area contributed by atoms with Crippen molar-refractivity contribution in [2.45, 2.75) is 25.7 Å². The Labute approximate surface area is 192 Å². The fraction of sp³-hybridized carbons (Fsp3) is 0.529. The van der Waals surface area contributed by atoms with E-state index in [4.69, 9.17) is 19.5 Å². The van der Waals surface area contributed by atoms with Crippen LogP contribution in [-0.4, -0.2) is 39.7 Å². The molecule has 14 heteroatoms. The summed E-state index contributed by atoms with van der Waals surface area (Å²) in [5.74, 6) is -2.41. The first-order valence-electron chi connectivity index (χ1n) is 9.10. The molecule has 0 aromatic carbocycles. The van der Waals surface area contributed by atoms with Crippen molar-refractivity contribution in [3.8, 4) is 6.07 Å². The minimum absolute atomic E-state index is 0.0207. The molecule has 1 saturated heterocycles. The van der Waals surface area contributed by atoms with E-state index in [0.717, 1.165) is 4.57 Å². The number of aromatic nitrogens is 2. The maximum Gasteiger partial charge on any atom is 0.472 e. The second kappa shape index (κ2) is 11.2. The predicted molar refractivity (Wildman–Crippen MR) is 115 cm³/mol. The molecular weight excluding hydrogens is 546 g/mol. The van der Waals surface area contributed by atoms with Crippen LogP contribution in [0.2, 0.25) is 0 Å². The summed E-state index contributed by atoms with van der Waals surface area (Å²) in [5, 5.41) is 9.58. The van der Waals surface area contributed by atoms with Gasteiger partial charge in [0.25, 0.3) is 0 Å². The van der Waals surface area contributed by atoms with Crippen LogP contribution < -0.4 is 11.4 Å². The number of nitriles is 1. The molecule has 2 heterocycles. The van der Waals surface area contributed by atoms with E-state index in [1.165, 1.54) is 41.3 Å². The molecule has 1 aromatic rings. The van der Waals surface area contributed by atoms with Gasteiger partial charge in [0.15, 0.2) is 29.2 Å². The molecule has 3 N–H and O–H groups in total. The summed E-state index contributed by atoms with van der Waals surface area (Å²) in [6, 6.07) is 3.45. The van der Waals surface area contributed by atoms with Crippen LogP contribution >= 0.6 is 30.8 Å². The minimum atomic E-state index is -4.46. The third-order valence-electron chi connectivity index (χ3n) is 4.70. The number of halogens is 1. The summed E-state index contributed by atoms with van der Waals surface area (Å²) >= 11 is 1.46. The number of ether oxygens (including phenoxy) is 1. The number of carbonyl (C=O) groups excluding carboxylic acids is 1. The number of hydrogen-bond acceptors (Lipinski definition) is 10. The van der Waals surface area contributed by atoms with E-state index in [2.05, 4.69) is 20.7 Å². The van der Waals surface area contributed by atoms with E-state index in [-0.39, 0.29) is 18.8 Å². The van der Waals surface area contributed by atoms with Gasteiger partial charge < -0.3 is 18.4 Å². The van der Waals surface area contributed by atoms with Crippen molar-refractivity contribution in [2.24, 2.45) is 17.8 Å². The zero-order valence-corrected chi connectivity index (χ0v) is 19.5. The van der Waals surface area contributed by atoms with Gasteiger partial charge in [-0.15, -0.1) is 6.58 Å². The van der Waals surface area contributed by atoms with Crippen molar-refractivity contribution in [3.63, 3.8) is 0 Å². The number of phosphoric acid groups is 1. The zero-order valence-electron chi connectivity index (χ0n) is 16.5. The first kappa shape index (κ1) is 25.4. The number of nitrogen functional groups attached to an aromatic ring is 1. The molecule has 170 valence electrons. The topological polar surface area (TPSA) is 176 Å². The lowest BCUT2D eigenvalue weighted by Crippen LogP contribution is -2.30. The van der Waals surface area contributed by atoms with Crippen molar-refractivity contribution in [1.82, 2.24) is 9.55 Å². The molecular formula is C17H22IN4O8P. The van der Waals surface area contributed by atoms with Gasteiger partial charge >= 0.3 is 19.5 Å². The van der Waals surface area contributed by atoms with E-state index in [1.54, 1.807) is 6.92 Å². The molecule has 1 aliphatic rings. The van der Waals surface area contributed by atoms with E-state index in [0.29, 0.717) is 0 Å². The van der Waals surface area contributed by atoms with Crippen LogP contribution in [0.15, 0.2) is 29.7 Å². The monoisotopic (exact) mass is 568 g/mol. The maximum atomic E-state index is 12.1. The highest BCUT2D eigenvalue weighted by Crippen LogP contribution is 2.46. The Kier molecular flexibility index (Phi) is 9.16. The largest absolute Gasteiger partial charge is 0.472 e. The van der Waals surface area contributed by atoms with Crippen molar-refractivity contribution in [2.75, 3.05) is 18.9 Å². The number of rotatable bonds is 10. The molecule has 31 heavy (non-hydrogen) atoms. The van der Waals surface area contributed by atoms with Gasteiger partial charge in [0, 0.05) is 12.1 Å². The standard InChI is InChI=1S/C17H22IN4O8P/c1-3-11-12(8-19)15(22-6-4-14(20)21-17(22)24)29-13(11)9-28-31(25,26)27-7-5-10(2)16(23)30-18/h3-4,6,10-13,15H,1,5,7,9H2,2H3,(H,25,26)(H2,20,21,24)/t10?,11-,12-,13+,15+/m0/s1. The van der Waals surface area contributed by atoms with Crippen LogP contribution in [0, 0.1) is 29.1 Å². The van der Waals surface area contributed by atoms with Crippen molar-refractivity contribution in [3.05, 3.63) is 35.4 Å². The number of phosphoric ester groups is 1. The zero-order chi connectivity index (χ0) is 23.2. The molecule has 6 atom stereocenters. The van der Waals surface area contributed by atoms with Gasteiger partial charge in [0.1, 0.15) is 11.7 Å². The molecule has 0 radical (unpaired) electrons. The molecule has 2 rings (SSSR count). The van der Waals surface area contributed by atoms with Crippen LogP contribution in [0.4, 0.5) is 5.82 Å². The minimum Gasteiger partial charge on any atom is -0.394 e. The Morgan fingerprint density at radius 2 is 2.32 bits per heavy atom. The van der Waals surface area contributed by atoms with Crippen LogP contribution in [0.3, 0.4) is 0 Å². The highest BCUT2D eigenvalue weighted by atomic mass is 127. The van der Waals surface area contributed by atoms with Gasteiger partial charge in [-0.05, 0) is 12.5 Å². The van der Waals surface area contributed by atoms with Gasteiger partial charge in [-0.1, -0.05) is 13.0 Å². The molecule has 0 saturated carbocycles. The fourth-order valence-electron chi connectivity index (χ4n) is 2.98. The first-order valence-corrected chi connectivity index (χ1v) is 11.5. The Hall–Kier alpha value is -1.82. The van der Waals surface area contributed by atoms with E-state index >= 15 is 0 Å². The summed E-state index contributed by atoms with van der Waals surface area (Å²) in [7, 11) is -4.46. The van der Waals surface area contributed by atoms with Crippen LogP contribution in [0.25, 0.3) is 0 Å². The third-order valence-corrected chi connectivity index (χ3v) is 6.12. The van der Waals surface area contributed by atoms with Crippen LogP contribution in [0.5, 0.6) is 0 Å². The SMILES string of the molecule is C=C[C@H]1[C@H](C#N)[C@H](n2ccc(N)nc2=O)O[C@@H]1COP(=O)(O)OCCC(C)C(=O)OI. The molecule has 12 nitrogen and oxygen atoms in total. The van der Waals surface area contributed by atoms with Crippen molar-refractivity contribution < 1.29 is 31.1 Å². The lowest BCUT2D eigenvalue weighted by molar-refractivity contribution is -0.135. The number of nitrogens with zero attached hydrogens (tertiary/aromatic N) is 3. The summed E-state index contributed by atoms with van der Waals surface area (Å²) in [6.07, 6.45) is 1.09. The first-order chi connectivity index (χ1) is 14.6. The molecule has 0 bridgehead atoms. The lowest BCUT2D eigenvalue weighted by atomic mass is 9.90. The average molecular weight is 568 g/mol. The molecule has 0 spiro atoms. The molecule has 0 aliphatic carbocycles. The van der Waals surface area contributed by atoms with Gasteiger partial charge in [-0.25, -0.2) is 9.36 Å². The Bertz CT molecular complexity index is 951. The van der Waals surface area contributed by atoms with Crippen molar-refractivity contribution >= 4 is 42.6 Å². The second-order valence-electron chi connectivity index (χ2n) is 6.76. The maximum absolute atomic E-state index is 12.1. The summed E-state index contributed by atoms with van der Waals surface area (Å²) < 4.78 is 33.5. The predicted octanol–water partition coefficient (Wildman–Crippen LogP) is 1.72. The summed E-state index contributed by atoms with van der Waals surface area (Å²) in [4.78, 5) is 37.0. The second-order valence-corrected chi connectivity index (χ2v) is 8.65. The van der Waals surface area contributed by atoms with Crippen LogP contribution in [0.1, 0.15) is 19.6 Å². The molecule has 1 aliphatic heterocycles. The summed E-state index contributed by atoms with van der Waals surface area (Å²) in [5.41, 5.74) is 4.78. The molecule has 2 unspecified atom stereocenters. The number of hydrogen-bond donors (Lipinski definition) is 2.